The zero-order valence-corrected chi connectivity index (χ0v) is 14.3. The average molecular weight is 348 g/mol. The van der Waals surface area contributed by atoms with Crippen LogP contribution in [0.1, 0.15) is 34.8 Å². The van der Waals surface area contributed by atoms with Crippen molar-refractivity contribution in [2.24, 2.45) is 0 Å². The van der Waals surface area contributed by atoms with Gasteiger partial charge >= 0.3 is 0 Å². The average Bonchev–Trinajstić information content (AvgIpc) is 3.39. The Kier molecular flexibility index (Phi) is 4.75. The predicted octanol–water partition coefficient (Wildman–Crippen LogP) is 2.92. The molecule has 0 bridgehead atoms. The van der Waals surface area contributed by atoms with Crippen molar-refractivity contribution in [1.29, 1.82) is 0 Å². The maximum absolute atomic E-state index is 12.8. The normalized spacial score (nSPS) is 17.8. The predicted molar refractivity (Wildman–Crippen MR) is 97.0 cm³/mol. The number of benzene rings is 1. The topological polar surface area (TPSA) is 69.0 Å². The Morgan fingerprint density at radius 1 is 1.19 bits per heavy atom. The van der Waals surface area contributed by atoms with Crippen LogP contribution in [0.5, 0.6) is 0 Å². The van der Waals surface area contributed by atoms with E-state index in [4.69, 9.17) is 4.74 Å². The molecule has 1 aliphatic heterocycles. The van der Waals surface area contributed by atoms with Crippen LogP contribution in [0.25, 0.3) is 5.69 Å². The summed E-state index contributed by atoms with van der Waals surface area (Å²) in [5, 5.41) is 7.39. The van der Waals surface area contributed by atoms with Crippen LogP contribution in [0, 0.1) is 0 Å². The fraction of sp³-hybridized carbons (Fsp3) is 0.250. The number of nitrogens with zero attached hydrogens (tertiary/aromatic N) is 3. The van der Waals surface area contributed by atoms with Crippen LogP contribution in [-0.4, -0.2) is 33.4 Å². The molecule has 4 rings (SSSR count). The third-order valence-electron chi connectivity index (χ3n) is 4.54. The number of carbonyl (C=O) groups is 1. The number of amides is 1. The van der Waals surface area contributed by atoms with Crippen molar-refractivity contribution in [1.82, 2.24) is 20.1 Å². The fourth-order valence-corrected chi connectivity index (χ4v) is 3.21. The molecule has 0 aliphatic carbocycles. The Hall–Kier alpha value is -2.99. The maximum Gasteiger partial charge on any atom is 0.255 e. The highest BCUT2D eigenvalue weighted by molar-refractivity contribution is 5.94. The number of hydrogen-bond acceptors (Lipinski definition) is 4. The van der Waals surface area contributed by atoms with Crippen LogP contribution in [0.15, 0.2) is 67.3 Å². The molecule has 3 aromatic rings. The Morgan fingerprint density at radius 2 is 2.08 bits per heavy atom. The van der Waals surface area contributed by atoms with Gasteiger partial charge in [0.05, 0.1) is 35.8 Å². The number of ether oxygens (including phenoxy) is 1. The summed E-state index contributed by atoms with van der Waals surface area (Å²) in [6.45, 7) is 0.739. The van der Waals surface area contributed by atoms with E-state index in [-0.39, 0.29) is 18.1 Å². The highest BCUT2D eigenvalue weighted by Crippen LogP contribution is 2.27. The molecule has 6 heteroatoms. The van der Waals surface area contributed by atoms with Gasteiger partial charge in [-0.15, -0.1) is 0 Å². The minimum Gasteiger partial charge on any atom is -0.376 e. The standard InChI is InChI=1S/C20H20N4O2/c25-20(16-12-22-24(14-16)17-8-4-10-21-13-17)23-19(18-9-5-11-26-18)15-6-2-1-3-7-15/h1-4,6-8,10,12-14,18-19H,5,9,11H2,(H,23,25). The molecular formula is C20H20N4O2. The molecule has 1 saturated heterocycles. The highest BCUT2D eigenvalue weighted by Gasteiger charge is 2.29. The van der Waals surface area contributed by atoms with Crippen LogP contribution in [0.2, 0.25) is 0 Å². The van der Waals surface area contributed by atoms with Crippen LogP contribution in [0.4, 0.5) is 0 Å². The summed E-state index contributed by atoms with van der Waals surface area (Å²) in [4.78, 5) is 16.9. The second-order valence-electron chi connectivity index (χ2n) is 6.30. The van der Waals surface area contributed by atoms with Crippen molar-refractivity contribution < 1.29 is 9.53 Å². The summed E-state index contributed by atoms with van der Waals surface area (Å²) in [5.41, 5.74) is 2.37. The van der Waals surface area contributed by atoms with Gasteiger partial charge in [0.1, 0.15) is 0 Å². The van der Waals surface area contributed by atoms with E-state index in [1.165, 1.54) is 0 Å². The van der Waals surface area contributed by atoms with E-state index < -0.39 is 0 Å². The first-order chi connectivity index (χ1) is 12.8. The van der Waals surface area contributed by atoms with Crippen molar-refractivity contribution in [3.05, 3.63) is 78.4 Å². The summed E-state index contributed by atoms with van der Waals surface area (Å²) >= 11 is 0. The smallest absolute Gasteiger partial charge is 0.255 e. The first-order valence-electron chi connectivity index (χ1n) is 8.74. The van der Waals surface area contributed by atoms with Gasteiger partial charge in [-0.2, -0.15) is 5.10 Å². The molecule has 0 radical (unpaired) electrons. The van der Waals surface area contributed by atoms with Crippen LogP contribution in [0.3, 0.4) is 0 Å². The van der Waals surface area contributed by atoms with E-state index in [1.807, 2.05) is 42.5 Å². The second-order valence-corrected chi connectivity index (χ2v) is 6.30. The lowest BCUT2D eigenvalue weighted by Crippen LogP contribution is -2.36. The molecule has 0 saturated carbocycles. The molecule has 1 N–H and O–H groups in total. The Bertz CT molecular complexity index is 858. The Morgan fingerprint density at radius 3 is 2.81 bits per heavy atom. The van der Waals surface area contributed by atoms with E-state index in [2.05, 4.69) is 15.4 Å². The summed E-state index contributed by atoms with van der Waals surface area (Å²) in [6.07, 6.45) is 8.64. The lowest BCUT2D eigenvalue weighted by atomic mass is 9.99. The molecular weight excluding hydrogens is 328 g/mol. The van der Waals surface area contributed by atoms with Gasteiger partial charge in [0.2, 0.25) is 0 Å². The van der Waals surface area contributed by atoms with E-state index in [0.717, 1.165) is 30.7 Å². The number of rotatable bonds is 5. The Labute approximate surface area is 151 Å². The number of carbonyl (C=O) groups excluding carboxylic acids is 1. The zero-order chi connectivity index (χ0) is 17.8. The molecule has 0 spiro atoms. The number of aromatic nitrogens is 3. The molecule has 2 aromatic heterocycles. The van der Waals surface area contributed by atoms with Crippen molar-refractivity contribution in [2.45, 2.75) is 25.0 Å². The maximum atomic E-state index is 12.8. The fourth-order valence-electron chi connectivity index (χ4n) is 3.21. The lowest BCUT2D eigenvalue weighted by Gasteiger charge is -2.24. The SMILES string of the molecule is O=C(NC(c1ccccc1)C1CCCO1)c1cnn(-c2cccnc2)c1. The van der Waals surface area contributed by atoms with Gasteiger partial charge in [0.15, 0.2) is 0 Å². The van der Waals surface area contributed by atoms with Gasteiger partial charge in [-0.05, 0) is 30.5 Å². The summed E-state index contributed by atoms with van der Waals surface area (Å²) < 4.78 is 7.48. The molecule has 3 heterocycles. The van der Waals surface area contributed by atoms with E-state index >= 15 is 0 Å². The lowest BCUT2D eigenvalue weighted by molar-refractivity contribution is 0.0672. The molecule has 2 unspecified atom stereocenters. The number of nitrogens with one attached hydrogen (secondary N) is 1. The van der Waals surface area contributed by atoms with E-state index in [1.54, 1.807) is 29.5 Å². The van der Waals surface area contributed by atoms with Gasteiger partial charge in [0, 0.05) is 19.0 Å². The zero-order valence-electron chi connectivity index (χ0n) is 14.3. The summed E-state index contributed by atoms with van der Waals surface area (Å²) in [6, 6.07) is 13.5. The molecule has 1 aromatic carbocycles. The monoisotopic (exact) mass is 348 g/mol. The number of pyridine rings is 1. The first-order valence-corrected chi connectivity index (χ1v) is 8.74. The molecule has 132 valence electrons. The third kappa shape index (κ3) is 3.50. The quantitative estimate of drug-likeness (QED) is 0.770. The van der Waals surface area contributed by atoms with Crippen LogP contribution >= 0.6 is 0 Å². The number of hydrogen-bond donors (Lipinski definition) is 1. The molecule has 2 atom stereocenters. The summed E-state index contributed by atoms with van der Waals surface area (Å²) in [5.74, 6) is -0.163. The van der Waals surface area contributed by atoms with Crippen LogP contribution < -0.4 is 5.32 Å². The second kappa shape index (κ2) is 7.49. The minimum atomic E-state index is -0.173. The summed E-state index contributed by atoms with van der Waals surface area (Å²) in [7, 11) is 0. The highest BCUT2D eigenvalue weighted by atomic mass is 16.5. The molecule has 6 nitrogen and oxygen atoms in total. The van der Waals surface area contributed by atoms with Gasteiger partial charge in [-0.25, -0.2) is 4.68 Å². The van der Waals surface area contributed by atoms with Crippen LogP contribution in [-0.2, 0) is 4.74 Å². The van der Waals surface area contributed by atoms with Gasteiger partial charge < -0.3 is 10.1 Å². The van der Waals surface area contributed by atoms with Crippen molar-refractivity contribution in [2.75, 3.05) is 6.61 Å². The molecule has 1 amide bonds. The largest absolute Gasteiger partial charge is 0.376 e. The van der Waals surface area contributed by atoms with Gasteiger partial charge in [-0.1, -0.05) is 30.3 Å². The van der Waals surface area contributed by atoms with Gasteiger partial charge in [0.25, 0.3) is 5.91 Å². The third-order valence-corrected chi connectivity index (χ3v) is 4.54. The van der Waals surface area contributed by atoms with Crippen molar-refractivity contribution in [3.63, 3.8) is 0 Å². The minimum absolute atomic E-state index is 0.00489. The van der Waals surface area contributed by atoms with E-state index in [9.17, 15) is 4.79 Å². The first kappa shape index (κ1) is 16.5. The van der Waals surface area contributed by atoms with Crippen molar-refractivity contribution in [3.8, 4) is 5.69 Å². The van der Waals surface area contributed by atoms with E-state index in [0.29, 0.717) is 5.56 Å². The molecule has 26 heavy (non-hydrogen) atoms. The molecule has 1 aliphatic rings. The van der Waals surface area contributed by atoms with Gasteiger partial charge in [-0.3, -0.25) is 9.78 Å². The van der Waals surface area contributed by atoms with Crippen molar-refractivity contribution >= 4 is 5.91 Å². The molecule has 1 fully saturated rings. The Balaban J connectivity index is 1.54.